The highest BCUT2D eigenvalue weighted by Crippen LogP contribution is 2.45. The topological polar surface area (TPSA) is 60.8 Å². The van der Waals surface area contributed by atoms with Gasteiger partial charge in [-0.1, -0.05) is 97.1 Å². The van der Waals surface area contributed by atoms with Crippen LogP contribution in [0.4, 0.5) is 11.4 Å². The Balaban J connectivity index is 2.15. The van der Waals surface area contributed by atoms with Crippen molar-refractivity contribution in [3.05, 3.63) is 132 Å². The first-order valence-electron chi connectivity index (χ1n) is 11.0. The third-order valence-electron chi connectivity index (χ3n) is 5.83. The summed E-state index contributed by atoms with van der Waals surface area (Å²) in [6.07, 6.45) is -2.84. The zero-order valence-electron chi connectivity index (χ0n) is 18.5. The molecule has 2 unspecified atom stereocenters. The molecular weight excluding hydrogens is 410 g/mol. The van der Waals surface area contributed by atoms with Crippen molar-refractivity contribution in [2.45, 2.75) is 24.7 Å². The molecule has 0 aliphatic heterocycles. The summed E-state index contributed by atoms with van der Waals surface area (Å²) in [6, 6.07) is 38.1. The molecule has 2 N–H and O–H groups in total. The minimum Gasteiger partial charge on any atom is -0.390 e. The molecule has 0 heterocycles. The van der Waals surface area contributed by atoms with Crippen molar-refractivity contribution in [1.82, 2.24) is 0 Å². The lowest BCUT2D eigenvalue weighted by molar-refractivity contribution is -0.136. The van der Waals surface area contributed by atoms with Crippen molar-refractivity contribution in [2.75, 3.05) is 4.90 Å². The van der Waals surface area contributed by atoms with Gasteiger partial charge in [-0.05, 0) is 42.3 Å². The van der Waals surface area contributed by atoms with Crippen LogP contribution in [-0.4, -0.2) is 28.2 Å². The third kappa shape index (κ3) is 4.19. The Morgan fingerprint density at radius 1 is 0.636 bits per heavy atom. The number of para-hydroxylation sites is 2. The van der Waals surface area contributed by atoms with Crippen LogP contribution < -0.4 is 4.90 Å². The van der Waals surface area contributed by atoms with E-state index >= 15 is 0 Å². The predicted octanol–water partition coefficient (Wildman–Crippen LogP) is 5.08. The Bertz CT molecular complexity index is 1080. The number of rotatable bonds is 8. The van der Waals surface area contributed by atoms with Gasteiger partial charge in [0, 0.05) is 11.4 Å². The molecule has 0 radical (unpaired) electrons. The molecular formula is C29H27NO3. The van der Waals surface area contributed by atoms with Crippen LogP contribution in [-0.2, 0) is 10.3 Å². The van der Waals surface area contributed by atoms with Gasteiger partial charge in [0.25, 0.3) is 0 Å². The SMILES string of the molecule is CC(O)C(O)C(=O)C(c1ccccc1)(c1ccccc1)N(c1ccccc1)c1ccccc1. The van der Waals surface area contributed by atoms with E-state index in [1.54, 1.807) is 0 Å². The largest absolute Gasteiger partial charge is 0.390 e. The highest BCUT2D eigenvalue weighted by molar-refractivity contribution is 6.02. The number of benzene rings is 4. The van der Waals surface area contributed by atoms with E-state index in [0.717, 1.165) is 11.4 Å². The second-order valence-corrected chi connectivity index (χ2v) is 8.00. The molecule has 2 atom stereocenters. The molecule has 4 rings (SSSR count). The molecule has 166 valence electrons. The van der Waals surface area contributed by atoms with E-state index in [0.29, 0.717) is 11.1 Å². The zero-order chi connectivity index (χ0) is 23.3. The van der Waals surface area contributed by atoms with Crippen molar-refractivity contribution >= 4 is 17.2 Å². The van der Waals surface area contributed by atoms with Crippen molar-refractivity contribution in [3.8, 4) is 0 Å². The number of aliphatic hydroxyl groups excluding tert-OH is 2. The van der Waals surface area contributed by atoms with E-state index < -0.39 is 23.5 Å². The summed E-state index contributed by atoms with van der Waals surface area (Å²) in [5, 5.41) is 21.3. The monoisotopic (exact) mass is 437 g/mol. The Morgan fingerprint density at radius 3 is 1.30 bits per heavy atom. The predicted molar refractivity (Wildman–Crippen MR) is 131 cm³/mol. The Hall–Kier alpha value is -3.73. The summed E-state index contributed by atoms with van der Waals surface area (Å²) in [4.78, 5) is 16.3. The number of carbonyl (C=O) groups excluding carboxylic acids is 1. The van der Waals surface area contributed by atoms with Crippen LogP contribution in [0.5, 0.6) is 0 Å². The number of Topliss-reactive ketones (excluding diaryl/α,β-unsaturated/α-hetero) is 1. The molecule has 33 heavy (non-hydrogen) atoms. The zero-order valence-corrected chi connectivity index (χ0v) is 18.5. The van der Waals surface area contributed by atoms with Crippen LogP contribution in [0.3, 0.4) is 0 Å². The van der Waals surface area contributed by atoms with Gasteiger partial charge in [-0.3, -0.25) is 4.79 Å². The molecule has 4 nitrogen and oxygen atoms in total. The van der Waals surface area contributed by atoms with Crippen molar-refractivity contribution in [1.29, 1.82) is 0 Å². The molecule has 0 saturated heterocycles. The highest BCUT2D eigenvalue weighted by atomic mass is 16.3. The second kappa shape index (κ2) is 9.82. The normalized spacial score (nSPS) is 13.2. The first-order chi connectivity index (χ1) is 16.1. The Labute approximate surface area is 194 Å². The maximum Gasteiger partial charge on any atom is 0.198 e. The fourth-order valence-electron chi connectivity index (χ4n) is 4.30. The molecule has 0 aliphatic carbocycles. The lowest BCUT2D eigenvalue weighted by atomic mass is 9.74. The Kier molecular flexibility index (Phi) is 6.68. The minimum absolute atomic E-state index is 0.511. The van der Waals surface area contributed by atoms with Crippen molar-refractivity contribution in [3.63, 3.8) is 0 Å². The van der Waals surface area contributed by atoms with Crippen molar-refractivity contribution in [2.24, 2.45) is 0 Å². The lowest BCUT2D eigenvalue weighted by Gasteiger charge is -2.46. The molecule has 0 saturated carbocycles. The smallest absolute Gasteiger partial charge is 0.198 e. The Morgan fingerprint density at radius 2 is 0.970 bits per heavy atom. The van der Waals surface area contributed by atoms with Crippen LogP contribution in [0.25, 0.3) is 0 Å². The van der Waals surface area contributed by atoms with Crippen molar-refractivity contribution < 1.29 is 15.0 Å². The quantitative estimate of drug-likeness (QED) is 0.404. The molecule has 4 aromatic carbocycles. The average molecular weight is 438 g/mol. The standard InChI is InChI=1S/C29H27NO3/c1-22(31)27(32)28(33)29(23-14-6-2-7-15-23,24-16-8-3-9-17-24)30(25-18-10-4-11-19-25)26-20-12-5-13-21-26/h2-22,27,31-32H,1H3. The van der Waals surface area contributed by atoms with Gasteiger partial charge in [-0.15, -0.1) is 0 Å². The van der Waals surface area contributed by atoms with E-state index in [1.165, 1.54) is 6.92 Å². The summed E-state index contributed by atoms with van der Waals surface area (Å²) in [5.74, 6) is -0.511. The molecule has 0 bridgehead atoms. The first kappa shape index (κ1) is 22.5. The molecule has 0 amide bonds. The van der Waals surface area contributed by atoms with Crippen LogP contribution in [0.2, 0.25) is 0 Å². The van der Waals surface area contributed by atoms with Crippen LogP contribution >= 0.6 is 0 Å². The summed E-state index contributed by atoms with van der Waals surface area (Å²) >= 11 is 0. The van der Waals surface area contributed by atoms with Crippen LogP contribution in [0, 0.1) is 0 Å². The third-order valence-corrected chi connectivity index (χ3v) is 5.83. The number of nitrogens with zero attached hydrogens (tertiary/aromatic N) is 1. The van der Waals surface area contributed by atoms with Gasteiger partial charge in [0.15, 0.2) is 11.3 Å². The van der Waals surface area contributed by atoms with E-state index in [-0.39, 0.29) is 0 Å². The number of ketones is 1. The second-order valence-electron chi connectivity index (χ2n) is 8.00. The molecule has 4 aromatic rings. The van der Waals surface area contributed by atoms with Gasteiger partial charge in [-0.25, -0.2) is 0 Å². The fraction of sp³-hybridized carbons (Fsp3) is 0.138. The van der Waals surface area contributed by atoms with Crippen LogP contribution in [0.1, 0.15) is 18.1 Å². The van der Waals surface area contributed by atoms with Gasteiger partial charge in [-0.2, -0.15) is 0 Å². The number of aliphatic hydroxyl groups is 2. The maximum absolute atomic E-state index is 14.3. The molecule has 0 fully saturated rings. The summed E-state index contributed by atoms with van der Waals surface area (Å²) < 4.78 is 0. The minimum atomic E-state index is -1.60. The number of hydrogen-bond acceptors (Lipinski definition) is 4. The maximum atomic E-state index is 14.3. The van der Waals surface area contributed by atoms with E-state index in [4.69, 9.17) is 0 Å². The van der Waals surface area contributed by atoms with Crippen LogP contribution in [0.15, 0.2) is 121 Å². The van der Waals surface area contributed by atoms with Gasteiger partial charge >= 0.3 is 0 Å². The summed E-state index contributed by atoms with van der Waals surface area (Å²) in [5.41, 5.74) is 1.49. The fourth-order valence-corrected chi connectivity index (χ4v) is 4.30. The lowest BCUT2D eigenvalue weighted by Crippen LogP contribution is -2.56. The average Bonchev–Trinajstić information content (AvgIpc) is 2.88. The number of anilines is 2. The number of hydrogen-bond donors (Lipinski definition) is 2. The summed E-state index contributed by atoms with van der Waals surface area (Å²) in [6.45, 7) is 1.43. The van der Waals surface area contributed by atoms with Gasteiger partial charge in [0.2, 0.25) is 0 Å². The van der Waals surface area contributed by atoms with E-state index in [9.17, 15) is 15.0 Å². The highest BCUT2D eigenvalue weighted by Gasteiger charge is 2.51. The molecule has 0 spiro atoms. The number of carbonyl (C=O) groups is 1. The van der Waals surface area contributed by atoms with E-state index in [1.807, 2.05) is 126 Å². The first-order valence-corrected chi connectivity index (χ1v) is 11.0. The molecule has 0 aliphatic rings. The van der Waals surface area contributed by atoms with Gasteiger partial charge in [0.1, 0.15) is 6.10 Å². The molecule has 0 aromatic heterocycles. The summed E-state index contributed by atoms with van der Waals surface area (Å²) in [7, 11) is 0. The van der Waals surface area contributed by atoms with Gasteiger partial charge < -0.3 is 15.1 Å². The van der Waals surface area contributed by atoms with E-state index in [2.05, 4.69) is 0 Å². The molecule has 4 heteroatoms. The van der Waals surface area contributed by atoms with Gasteiger partial charge in [0.05, 0.1) is 6.10 Å².